The van der Waals surface area contributed by atoms with Crippen LogP contribution in [-0.2, 0) is 9.59 Å². The Kier molecular flexibility index (Phi) is 2.04. The summed E-state index contributed by atoms with van der Waals surface area (Å²) in [5.74, 6) is -0.634. The van der Waals surface area contributed by atoms with Crippen LogP contribution in [0.1, 0.15) is 12.8 Å². The number of ketones is 2. The second-order valence-electron chi connectivity index (χ2n) is 2.31. The van der Waals surface area contributed by atoms with Crippen molar-refractivity contribution >= 4 is 27.5 Å². The van der Waals surface area contributed by atoms with Crippen molar-refractivity contribution in [2.24, 2.45) is 0 Å². The van der Waals surface area contributed by atoms with E-state index in [9.17, 15) is 9.59 Å². The molecule has 2 nitrogen and oxygen atoms in total. The third-order valence-corrected chi connectivity index (χ3v) is 2.60. The first-order valence-corrected chi connectivity index (χ1v) is 3.93. The van der Waals surface area contributed by atoms with Gasteiger partial charge >= 0.3 is 0 Å². The molecule has 0 saturated heterocycles. The lowest BCUT2D eigenvalue weighted by Gasteiger charge is -2.15. The van der Waals surface area contributed by atoms with Crippen LogP contribution in [-0.4, -0.2) is 16.4 Å². The Balaban J connectivity index is 2.79. The highest BCUT2D eigenvalue weighted by molar-refractivity contribution is 9.10. The summed E-state index contributed by atoms with van der Waals surface area (Å²) >= 11 is 3.09. The van der Waals surface area contributed by atoms with Crippen LogP contribution in [0.15, 0.2) is 12.2 Å². The van der Waals surface area contributed by atoms with Crippen LogP contribution in [0.5, 0.6) is 0 Å². The highest BCUT2D eigenvalue weighted by atomic mass is 79.9. The molecule has 0 heterocycles. The third-order valence-electron chi connectivity index (χ3n) is 1.54. The van der Waals surface area contributed by atoms with Crippen LogP contribution < -0.4 is 0 Å². The fourth-order valence-corrected chi connectivity index (χ4v) is 1.33. The number of alkyl halides is 1. The van der Waals surface area contributed by atoms with Gasteiger partial charge in [0.2, 0.25) is 5.78 Å². The maximum atomic E-state index is 10.9. The molecule has 0 amide bonds. The first-order valence-electron chi connectivity index (χ1n) is 3.01. The molecule has 0 N–H and O–H groups in total. The van der Waals surface area contributed by atoms with Crippen molar-refractivity contribution < 1.29 is 9.59 Å². The molecule has 10 heavy (non-hydrogen) atoms. The Labute approximate surface area is 67.4 Å². The van der Waals surface area contributed by atoms with E-state index in [1.54, 1.807) is 0 Å². The molecule has 1 atom stereocenters. The Morgan fingerprint density at radius 2 is 2.00 bits per heavy atom. The van der Waals surface area contributed by atoms with E-state index in [-0.39, 0.29) is 11.6 Å². The Hall–Kier alpha value is -0.440. The molecule has 54 valence electrons. The summed E-state index contributed by atoms with van der Waals surface area (Å²) in [4.78, 5) is 21.2. The predicted octanol–water partition coefficient (Wildman–Crippen LogP) is 1.24. The zero-order valence-electron chi connectivity index (χ0n) is 5.39. The van der Waals surface area contributed by atoms with Gasteiger partial charge in [0.1, 0.15) is 4.83 Å². The van der Waals surface area contributed by atoms with Gasteiger partial charge in [0, 0.05) is 6.42 Å². The molecule has 0 radical (unpaired) electrons. The highest BCUT2D eigenvalue weighted by Crippen LogP contribution is 2.22. The van der Waals surface area contributed by atoms with E-state index < -0.39 is 4.83 Å². The molecule has 3 heteroatoms. The first-order chi connectivity index (χ1) is 4.63. The van der Waals surface area contributed by atoms with Crippen molar-refractivity contribution in [3.63, 3.8) is 0 Å². The molecule has 0 aromatic heterocycles. The summed E-state index contributed by atoms with van der Waals surface area (Å²) in [6.45, 7) is 3.66. The lowest BCUT2D eigenvalue weighted by molar-refractivity contribution is -0.136. The normalized spacial score (nSPS) is 27.3. The predicted molar refractivity (Wildman–Crippen MR) is 41.1 cm³/mol. The Morgan fingerprint density at radius 1 is 1.40 bits per heavy atom. The molecule has 0 spiro atoms. The maximum Gasteiger partial charge on any atom is 0.216 e. The zero-order valence-corrected chi connectivity index (χ0v) is 6.98. The SMILES string of the molecule is C=C1CCC(=O)C(=O)C1Br. The van der Waals surface area contributed by atoms with Crippen molar-refractivity contribution in [2.45, 2.75) is 17.7 Å². The number of allylic oxidation sites excluding steroid dienone is 1. The van der Waals surface area contributed by atoms with Crippen LogP contribution in [0.25, 0.3) is 0 Å². The lowest BCUT2D eigenvalue weighted by Crippen LogP contribution is -2.30. The van der Waals surface area contributed by atoms with Crippen LogP contribution in [0.2, 0.25) is 0 Å². The maximum absolute atomic E-state index is 10.9. The van der Waals surface area contributed by atoms with Gasteiger partial charge in [-0.2, -0.15) is 0 Å². The first kappa shape index (κ1) is 7.66. The van der Waals surface area contributed by atoms with Gasteiger partial charge in [-0.3, -0.25) is 9.59 Å². The van der Waals surface area contributed by atoms with Crippen molar-refractivity contribution in [3.8, 4) is 0 Å². The number of carbonyl (C=O) groups excluding carboxylic acids is 2. The van der Waals surface area contributed by atoms with Crippen LogP contribution in [0.4, 0.5) is 0 Å². The molecule has 0 aromatic carbocycles. The van der Waals surface area contributed by atoms with Crippen LogP contribution in [0.3, 0.4) is 0 Å². The molecule has 0 aromatic rings. The van der Waals surface area contributed by atoms with Gasteiger partial charge in [-0.1, -0.05) is 28.1 Å². The van der Waals surface area contributed by atoms with E-state index in [4.69, 9.17) is 0 Å². The Bertz CT molecular complexity index is 208. The standard InChI is InChI=1S/C7H7BrO2/c1-4-2-3-5(9)7(10)6(4)8/h6H,1-3H2. The largest absolute Gasteiger partial charge is 0.291 e. The smallest absolute Gasteiger partial charge is 0.216 e. The average molecular weight is 203 g/mol. The molecule has 1 aliphatic carbocycles. The van der Waals surface area contributed by atoms with Crippen molar-refractivity contribution in [2.75, 3.05) is 0 Å². The van der Waals surface area contributed by atoms with Gasteiger partial charge in [0.25, 0.3) is 0 Å². The summed E-state index contributed by atoms with van der Waals surface area (Å²) in [5, 5.41) is 0. The van der Waals surface area contributed by atoms with E-state index in [1.165, 1.54) is 0 Å². The summed E-state index contributed by atoms with van der Waals surface area (Å²) in [5.41, 5.74) is 0.810. The fourth-order valence-electron chi connectivity index (χ4n) is 0.851. The summed E-state index contributed by atoms with van der Waals surface area (Å²) in [6.07, 6.45) is 0.972. The highest BCUT2D eigenvalue weighted by Gasteiger charge is 2.29. The number of rotatable bonds is 0. The molecular weight excluding hydrogens is 196 g/mol. The van der Waals surface area contributed by atoms with E-state index in [0.717, 1.165) is 5.57 Å². The van der Waals surface area contributed by atoms with Gasteiger partial charge in [0.15, 0.2) is 5.78 Å². The van der Waals surface area contributed by atoms with Crippen molar-refractivity contribution in [3.05, 3.63) is 12.2 Å². The van der Waals surface area contributed by atoms with E-state index in [2.05, 4.69) is 22.5 Å². The Morgan fingerprint density at radius 3 is 2.50 bits per heavy atom. The van der Waals surface area contributed by atoms with Crippen molar-refractivity contribution in [1.82, 2.24) is 0 Å². The van der Waals surface area contributed by atoms with Crippen LogP contribution >= 0.6 is 15.9 Å². The molecule has 1 fully saturated rings. The summed E-state index contributed by atoms with van der Waals surface area (Å²) in [7, 11) is 0. The second-order valence-corrected chi connectivity index (χ2v) is 3.22. The van der Waals surface area contributed by atoms with E-state index in [1.807, 2.05) is 0 Å². The van der Waals surface area contributed by atoms with E-state index >= 15 is 0 Å². The average Bonchev–Trinajstić information content (AvgIpc) is 1.93. The minimum Gasteiger partial charge on any atom is -0.291 e. The van der Waals surface area contributed by atoms with E-state index in [0.29, 0.717) is 12.8 Å². The fraction of sp³-hybridized carbons (Fsp3) is 0.429. The minimum absolute atomic E-state index is 0.283. The quantitative estimate of drug-likeness (QED) is 0.337. The van der Waals surface area contributed by atoms with Gasteiger partial charge in [0.05, 0.1) is 0 Å². The molecule has 0 bridgehead atoms. The summed E-state index contributed by atoms with van der Waals surface area (Å²) in [6, 6.07) is 0. The number of carbonyl (C=O) groups is 2. The van der Waals surface area contributed by atoms with Gasteiger partial charge in [-0.25, -0.2) is 0 Å². The molecule has 0 aliphatic heterocycles. The number of hydrogen-bond acceptors (Lipinski definition) is 2. The summed E-state index contributed by atoms with van der Waals surface area (Å²) < 4.78 is 0. The van der Waals surface area contributed by atoms with Gasteiger partial charge < -0.3 is 0 Å². The second kappa shape index (κ2) is 2.66. The van der Waals surface area contributed by atoms with Gasteiger partial charge in [-0.05, 0) is 6.42 Å². The van der Waals surface area contributed by atoms with Gasteiger partial charge in [-0.15, -0.1) is 0 Å². The van der Waals surface area contributed by atoms with Crippen LogP contribution in [0, 0.1) is 0 Å². The topological polar surface area (TPSA) is 34.1 Å². The van der Waals surface area contributed by atoms with Crippen molar-refractivity contribution in [1.29, 1.82) is 0 Å². The molecule has 1 unspecified atom stereocenters. The number of halogens is 1. The lowest BCUT2D eigenvalue weighted by atomic mass is 9.94. The monoisotopic (exact) mass is 202 g/mol. The minimum atomic E-state index is -0.422. The molecular formula is C7H7BrO2. The number of Topliss-reactive ketones (excluding diaryl/α,β-unsaturated/α-hetero) is 2. The third kappa shape index (κ3) is 1.19. The molecule has 1 saturated carbocycles. The zero-order chi connectivity index (χ0) is 7.72. The molecule has 1 aliphatic rings. The number of hydrogen-bond donors (Lipinski definition) is 0. The molecule has 1 rings (SSSR count).